The van der Waals surface area contributed by atoms with Gasteiger partial charge in [0.05, 0.1) is 12.6 Å². The molecule has 0 aliphatic heterocycles. The van der Waals surface area contributed by atoms with Gasteiger partial charge in [0.15, 0.2) is 5.96 Å². The Morgan fingerprint density at radius 2 is 1.87 bits per heavy atom. The number of nitrogens with zero attached hydrogens (tertiary/aromatic N) is 1. The monoisotopic (exact) mass is 320 g/mol. The standard InChI is InChI=1S/C17H28N4O2/c1-12(2)23-14-8-6-13(7-9-14)21-16(18)20-11-10-19-15(22)17(3,4)5/h6-9,12H,10-11H2,1-5H3,(H,19,22)(H3,18,20,21). The summed E-state index contributed by atoms with van der Waals surface area (Å²) in [6, 6.07) is 7.50. The lowest BCUT2D eigenvalue weighted by molar-refractivity contribution is -0.128. The molecule has 0 atom stereocenters. The van der Waals surface area contributed by atoms with Crippen LogP contribution < -0.4 is 21.1 Å². The zero-order valence-corrected chi connectivity index (χ0v) is 14.6. The number of hydrogen-bond donors (Lipinski definition) is 3. The van der Waals surface area contributed by atoms with Crippen LogP contribution in [0.5, 0.6) is 5.75 Å². The molecule has 1 amide bonds. The molecule has 0 fully saturated rings. The Hall–Kier alpha value is -2.24. The molecule has 23 heavy (non-hydrogen) atoms. The van der Waals surface area contributed by atoms with Crippen molar-refractivity contribution < 1.29 is 9.53 Å². The first-order valence-electron chi connectivity index (χ1n) is 7.80. The van der Waals surface area contributed by atoms with Crippen LogP contribution in [0.2, 0.25) is 0 Å². The van der Waals surface area contributed by atoms with E-state index in [1.54, 1.807) is 0 Å². The zero-order valence-electron chi connectivity index (χ0n) is 14.6. The lowest BCUT2D eigenvalue weighted by atomic mass is 9.96. The zero-order chi connectivity index (χ0) is 17.5. The quantitative estimate of drug-likeness (QED) is 0.426. The number of benzene rings is 1. The van der Waals surface area contributed by atoms with E-state index in [0.29, 0.717) is 19.0 Å². The van der Waals surface area contributed by atoms with E-state index in [4.69, 9.17) is 10.5 Å². The Morgan fingerprint density at radius 3 is 2.39 bits per heavy atom. The molecule has 1 aromatic rings. The normalized spacial score (nSPS) is 12.2. The molecule has 0 saturated carbocycles. The molecule has 1 rings (SSSR count). The van der Waals surface area contributed by atoms with Gasteiger partial charge >= 0.3 is 0 Å². The van der Waals surface area contributed by atoms with Crippen molar-refractivity contribution in [3.05, 3.63) is 24.3 Å². The van der Waals surface area contributed by atoms with E-state index < -0.39 is 5.41 Å². The summed E-state index contributed by atoms with van der Waals surface area (Å²) >= 11 is 0. The molecule has 6 heteroatoms. The predicted octanol–water partition coefficient (Wildman–Crippen LogP) is 2.36. The van der Waals surface area contributed by atoms with Crippen LogP contribution in [0, 0.1) is 5.41 Å². The third-order valence-corrected chi connectivity index (χ3v) is 2.86. The molecular formula is C17H28N4O2. The molecule has 0 heterocycles. The molecule has 128 valence electrons. The maximum absolute atomic E-state index is 11.7. The fourth-order valence-electron chi connectivity index (χ4n) is 1.69. The summed E-state index contributed by atoms with van der Waals surface area (Å²) in [5.41, 5.74) is 6.26. The Morgan fingerprint density at radius 1 is 1.26 bits per heavy atom. The Balaban J connectivity index is 2.40. The van der Waals surface area contributed by atoms with Crippen molar-refractivity contribution in [2.24, 2.45) is 16.1 Å². The van der Waals surface area contributed by atoms with Gasteiger partial charge in [-0.25, -0.2) is 0 Å². The number of carbonyl (C=O) groups is 1. The first-order chi connectivity index (χ1) is 10.7. The minimum atomic E-state index is -0.396. The highest BCUT2D eigenvalue weighted by Crippen LogP contribution is 2.16. The maximum Gasteiger partial charge on any atom is 0.225 e. The third kappa shape index (κ3) is 7.54. The lowest BCUT2D eigenvalue weighted by Crippen LogP contribution is -2.36. The van der Waals surface area contributed by atoms with Crippen LogP contribution in [0.3, 0.4) is 0 Å². The van der Waals surface area contributed by atoms with Crippen molar-refractivity contribution in [2.45, 2.75) is 40.7 Å². The molecule has 0 radical (unpaired) electrons. The van der Waals surface area contributed by atoms with E-state index >= 15 is 0 Å². The maximum atomic E-state index is 11.7. The number of anilines is 1. The smallest absolute Gasteiger partial charge is 0.225 e. The highest BCUT2D eigenvalue weighted by molar-refractivity contribution is 5.92. The molecule has 6 nitrogen and oxygen atoms in total. The summed E-state index contributed by atoms with van der Waals surface area (Å²) in [6.45, 7) is 10.5. The first kappa shape index (κ1) is 18.8. The van der Waals surface area contributed by atoms with Gasteiger partial charge in [-0.15, -0.1) is 0 Å². The number of amides is 1. The lowest BCUT2D eigenvalue weighted by Gasteiger charge is -2.17. The number of nitrogens with two attached hydrogens (primary N) is 1. The molecule has 0 unspecified atom stereocenters. The fraction of sp³-hybridized carbons (Fsp3) is 0.529. The topological polar surface area (TPSA) is 88.7 Å². The van der Waals surface area contributed by atoms with Crippen molar-refractivity contribution in [2.75, 3.05) is 18.4 Å². The van der Waals surface area contributed by atoms with Gasteiger partial charge in [0, 0.05) is 17.6 Å². The van der Waals surface area contributed by atoms with Gasteiger partial charge < -0.3 is 21.1 Å². The van der Waals surface area contributed by atoms with E-state index in [1.165, 1.54) is 0 Å². The molecule has 0 aliphatic rings. The summed E-state index contributed by atoms with van der Waals surface area (Å²) in [6.07, 6.45) is 0.142. The molecule has 0 aliphatic carbocycles. The van der Waals surface area contributed by atoms with E-state index in [2.05, 4.69) is 15.6 Å². The number of aliphatic imine (C=N–C) groups is 1. The highest BCUT2D eigenvalue weighted by Gasteiger charge is 2.20. The minimum Gasteiger partial charge on any atom is -0.491 e. The minimum absolute atomic E-state index is 0.0000260. The second kappa shape index (κ2) is 8.41. The predicted molar refractivity (Wildman–Crippen MR) is 94.8 cm³/mol. The molecule has 0 bridgehead atoms. The van der Waals surface area contributed by atoms with Crippen LogP contribution in [0.15, 0.2) is 29.3 Å². The number of guanidine groups is 1. The number of carbonyl (C=O) groups excluding carboxylic acids is 1. The molecule has 0 spiro atoms. The number of ether oxygens (including phenoxy) is 1. The average Bonchev–Trinajstić information content (AvgIpc) is 2.44. The van der Waals surface area contributed by atoms with Crippen molar-refractivity contribution in [1.29, 1.82) is 0 Å². The van der Waals surface area contributed by atoms with Gasteiger partial charge in [-0.1, -0.05) is 20.8 Å². The third-order valence-electron chi connectivity index (χ3n) is 2.86. The molecule has 0 aromatic heterocycles. The summed E-state index contributed by atoms with van der Waals surface area (Å²) in [7, 11) is 0. The molecular weight excluding hydrogens is 292 g/mol. The summed E-state index contributed by atoms with van der Waals surface area (Å²) in [5, 5.41) is 5.82. The number of hydrogen-bond acceptors (Lipinski definition) is 3. The second-order valence-corrected chi connectivity index (χ2v) is 6.59. The van der Waals surface area contributed by atoms with E-state index in [0.717, 1.165) is 11.4 Å². The van der Waals surface area contributed by atoms with E-state index in [9.17, 15) is 4.79 Å². The summed E-state index contributed by atoms with van der Waals surface area (Å²) < 4.78 is 5.57. The Bertz CT molecular complexity index is 531. The second-order valence-electron chi connectivity index (χ2n) is 6.59. The summed E-state index contributed by atoms with van der Waals surface area (Å²) in [5.74, 6) is 1.12. The molecule has 4 N–H and O–H groups in total. The summed E-state index contributed by atoms with van der Waals surface area (Å²) in [4.78, 5) is 15.9. The molecule has 0 saturated heterocycles. The van der Waals surface area contributed by atoms with E-state index in [-0.39, 0.29) is 12.0 Å². The van der Waals surface area contributed by atoms with Crippen LogP contribution in [-0.2, 0) is 4.79 Å². The largest absolute Gasteiger partial charge is 0.491 e. The van der Waals surface area contributed by atoms with Crippen LogP contribution >= 0.6 is 0 Å². The van der Waals surface area contributed by atoms with Crippen molar-refractivity contribution >= 4 is 17.6 Å². The van der Waals surface area contributed by atoms with Crippen LogP contribution in [0.1, 0.15) is 34.6 Å². The Kier molecular flexibility index (Phi) is 6.88. The Labute approximate surface area is 138 Å². The van der Waals surface area contributed by atoms with Gasteiger partial charge in [-0.05, 0) is 38.1 Å². The highest BCUT2D eigenvalue weighted by atomic mass is 16.5. The van der Waals surface area contributed by atoms with Crippen LogP contribution in [0.25, 0.3) is 0 Å². The van der Waals surface area contributed by atoms with Crippen LogP contribution in [0.4, 0.5) is 5.69 Å². The number of rotatable bonds is 6. The van der Waals surface area contributed by atoms with Crippen molar-refractivity contribution in [3.63, 3.8) is 0 Å². The SMILES string of the molecule is CC(C)Oc1ccc(NC(N)=NCCNC(=O)C(C)(C)C)cc1. The number of nitrogens with one attached hydrogen (secondary N) is 2. The van der Waals surface area contributed by atoms with Crippen LogP contribution in [-0.4, -0.2) is 31.1 Å². The fourth-order valence-corrected chi connectivity index (χ4v) is 1.69. The van der Waals surface area contributed by atoms with Crippen molar-refractivity contribution in [1.82, 2.24) is 5.32 Å². The van der Waals surface area contributed by atoms with Gasteiger partial charge in [-0.3, -0.25) is 9.79 Å². The van der Waals surface area contributed by atoms with E-state index in [1.807, 2.05) is 58.9 Å². The van der Waals surface area contributed by atoms with Crippen molar-refractivity contribution in [3.8, 4) is 5.75 Å². The van der Waals surface area contributed by atoms with Gasteiger partial charge in [0.1, 0.15) is 5.75 Å². The van der Waals surface area contributed by atoms with Gasteiger partial charge in [0.2, 0.25) is 5.91 Å². The van der Waals surface area contributed by atoms with Gasteiger partial charge in [0.25, 0.3) is 0 Å². The van der Waals surface area contributed by atoms with Gasteiger partial charge in [-0.2, -0.15) is 0 Å². The first-order valence-corrected chi connectivity index (χ1v) is 7.80. The molecule has 1 aromatic carbocycles. The average molecular weight is 320 g/mol.